The summed E-state index contributed by atoms with van der Waals surface area (Å²) < 4.78 is 27.3. The van der Waals surface area contributed by atoms with Crippen molar-refractivity contribution in [2.75, 3.05) is 0 Å². The van der Waals surface area contributed by atoms with Gasteiger partial charge in [-0.05, 0) is 36.6 Å². The molecule has 0 unspecified atom stereocenters. The highest BCUT2D eigenvalue weighted by molar-refractivity contribution is 7.89. The first-order valence-corrected chi connectivity index (χ1v) is 8.53. The van der Waals surface area contributed by atoms with E-state index in [4.69, 9.17) is 5.73 Å². The molecule has 2 aromatic rings. The van der Waals surface area contributed by atoms with Gasteiger partial charge in [-0.2, -0.15) is 0 Å². The lowest BCUT2D eigenvalue weighted by Crippen LogP contribution is -2.24. The van der Waals surface area contributed by atoms with E-state index in [1.165, 1.54) is 11.3 Å². The van der Waals surface area contributed by atoms with Crippen molar-refractivity contribution >= 4 is 21.4 Å². The Balaban J connectivity index is 2.29. The van der Waals surface area contributed by atoms with Gasteiger partial charge < -0.3 is 5.73 Å². The van der Waals surface area contributed by atoms with Crippen LogP contribution >= 0.6 is 11.3 Å². The minimum atomic E-state index is -3.56. The lowest BCUT2D eigenvalue weighted by molar-refractivity contribution is 0.580. The molecule has 3 N–H and O–H groups in total. The fourth-order valence-electron chi connectivity index (χ4n) is 1.96. The molecule has 2 rings (SSSR count). The number of hydrogen-bond donors (Lipinski definition) is 2. The molecule has 7 heteroatoms. The molecule has 0 aliphatic carbocycles. The van der Waals surface area contributed by atoms with Gasteiger partial charge in [0.2, 0.25) is 10.0 Å². The average Bonchev–Trinajstić information content (AvgIpc) is 2.89. The van der Waals surface area contributed by atoms with Crippen LogP contribution in [0, 0.1) is 13.8 Å². The topological polar surface area (TPSA) is 85.1 Å². The highest BCUT2D eigenvalue weighted by Gasteiger charge is 2.18. The number of benzene rings is 1. The van der Waals surface area contributed by atoms with Crippen molar-refractivity contribution < 1.29 is 8.42 Å². The highest BCUT2D eigenvalue weighted by atomic mass is 32.2. The molecule has 0 fully saturated rings. The van der Waals surface area contributed by atoms with Gasteiger partial charge in [0.05, 0.1) is 22.6 Å². The van der Waals surface area contributed by atoms with E-state index in [-0.39, 0.29) is 11.4 Å². The van der Waals surface area contributed by atoms with Crippen LogP contribution in [0.3, 0.4) is 0 Å². The molecule has 0 spiro atoms. The maximum absolute atomic E-state index is 12.4. The minimum absolute atomic E-state index is 0.192. The number of nitrogens with two attached hydrogens (primary N) is 1. The van der Waals surface area contributed by atoms with E-state index in [0.29, 0.717) is 17.8 Å². The molecule has 20 heavy (non-hydrogen) atoms. The van der Waals surface area contributed by atoms with E-state index >= 15 is 0 Å². The summed E-state index contributed by atoms with van der Waals surface area (Å²) in [7, 11) is -3.56. The minimum Gasteiger partial charge on any atom is -0.326 e. The zero-order chi connectivity index (χ0) is 14.8. The first kappa shape index (κ1) is 15.1. The molecule has 0 aliphatic rings. The zero-order valence-corrected chi connectivity index (χ0v) is 13.0. The molecule has 5 nitrogen and oxygen atoms in total. The SMILES string of the molecule is Cc1cc(C)c(S(=O)(=O)NCc2cscn2)cc1CN. The molecule has 0 bridgehead atoms. The van der Waals surface area contributed by atoms with Crippen LogP contribution < -0.4 is 10.5 Å². The summed E-state index contributed by atoms with van der Waals surface area (Å²) in [5, 5.41) is 1.82. The Morgan fingerprint density at radius 3 is 2.65 bits per heavy atom. The van der Waals surface area contributed by atoms with Crippen molar-refractivity contribution in [3.05, 3.63) is 45.4 Å². The monoisotopic (exact) mass is 311 g/mol. The summed E-state index contributed by atoms with van der Waals surface area (Å²) in [4.78, 5) is 4.33. The van der Waals surface area contributed by atoms with Crippen LogP contribution in [0.1, 0.15) is 22.4 Å². The molecular formula is C13H17N3O2S2. The van der Waals surface area contributed by atoms with Crippen LogP contribution in [0.4, 0.5) is 0 Å². The van der Waals surface area contributed by atoms with Gasteiger partial charge in [0.25, 0.3) is 0 Å². The second-order valence-electron chi connectivity index (χ2n) is 4.55. The van der Waals surface area contributed by atoms with E-state index in [2.05, 4.69) is 9.71 Å². The van der Waals surface area contributed by atoms with Crippen molar-refractivity contribution in [2.24, 2.45) is 5.73 Å². The Kier molecular flexibility index (Phi) is 4.54. The van der Waals surface area contributed by atoms with Crippen molar-refractivity contribution in [1.82, 2.24) is 9.71 Å². The number of rotatable bonds is 5. The van der Waals surface area contributed by atoms with Gasteiger partial charge in [0, 0.05) is 11.9 Å². The maximum Gasteiger partial charge on any atom is 0.241 e. The number of thiazole rings is 1. The Morgan fingerprint density at radius 2 is 2.05 bits per heavy atom. The summed E-state index contributed by atoms with van der Waals surface area (Å²) >= 11 is 1.43. The largest absolute Gasteiger partial charge is 0.326 e. The van der Waals surface area contributed by atoms with Crippen molar-refractivity contribution in [3.8, 4) is 0 Å². The molecule has 0 radical (unpaired) electrons. The number of nitrogens with zero attached hydrogens (tertiary/aromatic N) is 1. The van der Waals surface area contributed by atoms with E-state index in [0.717, 1.165) is 11.1 Å². The smallest absolute Gasteiger partial charge is 0.241 e. The molecule has 0 atom stereocenters. The molecule has 0 aliphatic heterocycles. The quantitative estimate of drug-likeness (QED) is 0.880. The summed E-state index contributed by atoms with van der Waals surface area (Å²) in [5.74, 6) is 0. The third-order valence-corrected chi connectivity index (χ3v) is 5.25. The van der Waals surface area contributed by atoms with E-state index in [1.807, 2.05) is 18.4 Å². The molecule has 1 aromatic carbocycles. The number of aryl methyl sites for hydroxylation is 2. The van der Waals surface area contributed by atoms with Gasteiger partial charge in [-0.15, -0.1) is 11.3 Å². The van der Waals surface area contributed by atoms with Crippen molar-refractivity contribution in [2.45, 2.75) is 31.8 Å². The molecular weight excluding hydrogens is 294 g/mol. The van der Waals surface area contributed by atoms with Crippen molar-refractivity contribution in [3.63, 3.8) is 0 Å². The van der Waals surface area contributed by atoms with Crippen LogP contribution in [0.2, 0.25) is 0 Å². The highest BCUT2D eigenvalue weighted by Crippen LogP contribution is 2.20. The van der Waals surface area contributed by atoms with E-state index in [1.54, 1.807) is 18.5 Å². The van der Waals surface area contributed by atoms with Gasteiger partial charge in [-0.3, -0.25) is 0 Å². The predicted molar refractivity (Wildman–Crippen MR) is 79.9 cm³/mol. The van der Waals surface area contributed by atoms with Crippen LogP contribution in [-0.2, 0) is 23.1 Å². The standard InChI is InChI=1S/C13H17N3O2S2/c1-9-3-10(2)13(4-11(9)5-14)20(17,18)16-6-12-7-19-8-15-12/h3-4,7-8,16H,5-6,14H2,1-2H3. The third-order valence-electron chi connectivity index (χ3n) is 3.07. The number of aromatic nitrogens is 1. The van der Waals surface area contributed by atoms with E-state index < -0.39 is 10.0 Å². The lowest BCUT2D eigenvalue weighted by Gasteiger charge is -2.12. The Morgan fingerprint density at radius 1 is 1.30 bits per heavy atom. The van der Waals surface area contributed by atoms with Gasteiger partial charge in [0.1, 0.15) is 0 Å². The molecule has 0 saturated heterocycles. The summed E-state index contributed by atoms with van der Waals surface area (Å²) in [6, 6.07) is 3.49. The second-order valence-corrected chi connectivity index (χ2v) is 7.01. The van der Waals surface area contributed by atoms with Gasteiger partial charge >= 0.3 is 0 Å². The first-order valence-electron chi connectivity index (χ1n) is 6.11. The first-order chi connectivity index (χ1) is 9.44. The molecule has 0 amide bonds. The van der Waals surface area contributed by atoms with Gasteiger partial charge in [-0.1, -0.05) is 6.07 Å². The maximum atomic E-state index is 12.4. The summed E-state index contributed by atoms with van der Waals surface area (Å²) in [5.41, 5.74) is 10.6. The van der Waals surface area contributed by atoms with Crippen LogP contribution in [-0.4, -0.2) is 13.4 Å². The average molecular weight is 311 g/mol. The van der Waals surface area contributed by atoms with Crippen LogP contribution in [0.25, 0.3) is 0 Å². The second kappa shape index (κ2) is 6.01. The predicted octanol–water partition coefficient (Wildman–Crippen LogP) is 1.70. The zero-order valence-electron chi connectivity index (χ0n) is 11.4. The van der Waals surface area contributed by atoms with Crippen LogP contribution in [0.15, 0.2) is 27.9 Å². The number of nitrogens with one attached hydrogen (secondary N) is 1. The normalized spacial score (nSPS) is 11.8. The van der Waals surface area contributed by atoms with Gasteiger partial charge in [0.15, 0.2) is 0 Å². The van der Waals surface area contributed by atoms with Crippen LogP contribution in [0.5, 0.6) is 0 Å². The van der Waals surface area contributed by atoms with Crippen molar-refractivity contribution in [1.29, 1.82) is 0 Å². The number of hydrogen-bond acceptors (Lipinski definition) is 5. The fraction of sp³-hybridized carbons (Fsp3) is 0.308. The Bertz CT molecular complexity index is 695. The summed E-state index contributed by atoms with van der Waals surface area (Å²) in [6.45, 7) is 4.22. The number of sulfonamides is 1. The molecule has 1 heterocycles. The third kappa shape index (κ3) is 3.24. The molecule has 1 aromatic heterocycles. The fourth-order valence-corrected chi connectivity index (χ4v) is 3.79. The Labute approximate surface area is 122 Å². The molecule has 108 valence electrons. The van der Waals surface area contributed by atoms with Gasteiger partial charge in [-0.25, -0.2) is 18.1 Å². The Hall–Kier alpha value is -1.28. The van der Waals surface area contributed by atoms with E-state index in [9.17, 15) is 8.42 Å². The summed E-state index contributed by atoms with van der Waals surface area (Å²) in [6.07, 6.45) is 0. The lowest BCUT2D eigenvalue weighted by atomic mass is 10.1. The molecule has 0 saturated carbocycles.